The van der Waals surface area contributed by atoms with Gasteiger partial charge in [-0.2, -0.15) is 9.97 Å². The molecule has 4 heterocycles. The number of ether oxygens (including phenoxy) is 1. The van der Waals surface area contributed by atoms with E-state index in [0.717, 1.165) is 43.2 Å². The van der Waals surface area contributed by atoms with E-state index >= 15 is 0 Å². The van der Waals surface area contributed by atoms with Crippen LogP contribution in [0.3, 0.4) is 0 Å². The molecule has 2 fully saturated rings. The van der Waals surface area contributed by atoms with Crippen LogP contribution < -0.4 is 4.90 Å². The molecule has 154 valence electrons. The minimum atomic E-state index is -0.864. The Kier molecular flexibility index (Phi) is 5.69. The summed E-state index contributed by atoms with van der Waals surface area (Å²) in [7, 11) is 5.80. The van der Waals surface area contributed by atoms with Crippen molar-refractivity contribution in [2.75, 3.05) is 58.4 Å². The number of hydrogen-bond donors (Lipinski definition) is 0. The quantitative estimate of drug-likeness (QED) is 0.703. The van der Waals surface area contributed by atoms with Gasteiger partial charge in [-0.3, -0.25) is 4.90 Å². The first-order chi connectivity index (χ1) is 13.4. The van der Waals surface area contributed by atoms with E-state index in [2.05, 4.69) is 19.8 Å². The fraction of sp³-hybridized carbons (Fsp3) is 0.722. The molecule has 2 aliphatic rings. The monoisotopic (exact) mass is 411 g/mol. The first-order valence-corrected chi connectivity index (χ1v) is 10.1. The summed E-state index contributed by atoms with van der Waals surface area (Å²) in [5, 5.41) is 0.208. The highest BCUT2D eigenvalue weighted by atomic mass is 35.5. The smallest absolute Gasteiger partial charge is 0.226 e. The largest absolute Gasteiger partial charge is 0.378 e. The topological polar surface area (TPSA) is 62.6 Å². The zero-order valence-electron chi connectivity index (χ0n) is 16.6. The highest BCUT2D eigenvalue weighted by Gasteiger charge is 2.31. The number of fused-ring (bicyclic) bond motifs is 1. The van der Waals surface area contributed by atoms with Crippen molar-refractivity contribution in [3.05, 3.63) is 11.1 Å². The second-order valence-corrected chi connectivity index (χ2v) is 8.08. The van der Waals surface area contributed by atoms with Crippen molar-refractivity contribution in [2.45, 2.75) is 25.2 Å². The van der Waals surface area contributed by atoms with Crippen LogP contribution in [0.15, 0.2) is 0 Å². The molecule has 0 spiro atoms. The Morgan fingerprint density at radius 3 is 2.61 bits per heavy atom. The molecule has 0 radical (unpaired) electrons. The van der Waals surface area contributed by atoms with Crippen molar-refractivity contribution in [1.29, 1.82) is 0 Å². The Hall–Kier alpha value is -1.55. The summed E-state index contributed by atoms with van der Waals surface area (Å²) in [6.07, 6.45) is -0.0560. The Bertz CT molecular complexity index is 839. The van der Waals surface area contributed by atoms with Gasteiger partial charge in [0.15, 0.2) is 17.0 Å². The van der Waals surface area contributed by atoms with Crippen molar-refractivity contribution in [1.82, 2.24) is 29.3 Å². The van der Waals surface area contributed by atoms with Gasteiger partial charge >= 0.3 is 0 Å². The lowest BCUT2D eigenvalue weighted by Gasteiger charge is -2.37. The van der Waals surface area contributed by atoms with Gasteiger partial charge in [-0.15, -0.1) is 0 Å². The standard InChI is InChI=1S/C18H27ClFN7O/c1-24(2)13-4-5-26(10-12(13)20)11-14-21-15-16(25(14)3)22-18(19)23-17(15)27-6-8-28-9-7-27/h12-13H,4-11H2,1-3H3. The fourth-order valence-electron chi connectivity index (χ4n) is 4.08. The van der Waals surface area contributed by atoms with E-state index in [9.17, 15) is 4.39 Å². The van der Waals surface area contributed by atoms with Crippen molar-refractivity contribution >= 4 is 28.6 Å². The molecule has 2 aromatic heterocycles. The number of anilines is 1. The van der Waals surface area contributed by atoms with Gasteiger partial charge in [-0.1, -0.05) is 0 Å². The van der Waals surface area contributed by atoms with Crippen molar-refractivity contribution in [3.63, 3.8) is 0 Å². The Morgan fingerprint density at radius 2 is 1.93 bits per heavy atom. The lowest BCUT2D eigenvalue weighted by Crippen LogP contribution is -2.50. The molecule has 4 rings (SSSR count). The van der Waals surface area contributed by atoms with Gasteiger partial charge in [0.25, 0.3) is 0 Å². The number of imidazole rings is 1. The predicted molar refractivity (Wildman–Crippen MR) is 107 cm³/mol. The van der Waals surface area contributed by atoms with E-state index in [1.807, 2.05) is 30.6 Å². The number of morpholine rings is 1. The summed E-state index contributed by atoms with van der Waals surface area (Å²) in [5.74, 6) is 1.59. The Labute approximate surface area is 169 Å². The van der Waals surface area contributed by atoms with Crippen LogP contribution >= 0.6 is 11.6 Å². The van der Waals surface area contributed by atoms with Gasteiger partial charge < -0.3 is 19.1 Å². The number of aryl methyl sites for hydroxylation is 1. The molecule has 2 aliphatic heterocycles. The summed E-state index contributed by atoms with van der Waals surface area (Å²) in [4.78, 5) is 19.9. The van der Waals surface area contributed by atoms with E-state index in [1.54, 1.807) is 0 Å². The van der Waals surface area contributed by atoms with Crippen molar-refractivity contribution in [2.24, 2.45) is 7.05 Å². The summed E-state index contributed by atoms with van der Waals surface area (Å²) in [5.41, 5.74) is 1.44. The minimum Gasteiger partial charge on any atom is -0.378 e. The summed E-state index contributed by atoms with van der Waals surface area (Å²) in [6, 6.07) is -0.0192. The zero-order chi connectivity index (χ0) is 19.8. The van der Waals surface area contributed by atoms with E-state index < -0.39 is 6.17 Å². The average Bonchev–Trinajstić information content (AvgIpc) is 2.97. The number of rotatable bonds is 4. The SMILES string of the molecule is CN(C)C1CCN(Cc2nc3c(N4CCOCC4)nc(Cl)nc3n2C)CC1F. The highest BCUT2D eigenvalue weighted by Crippen LogP contribution is 2.27. The molecule has 0 amide bonds. The van der Waals surface area contributed by atoms with E-state index in [1.165, 1.54) is 0 Å². The summed E-state index contributed by atoms with van der Waals surface area (Å²) >= 11 is 6.20. The molecule has 0 bridgehead atoms. The van der Waals surface area contributed by atoms with Crippen LogP contribution in [0, 0.1) is 0 Å². The second-order valence-electron chi connectivity index (χ2n) is 7.75. The summed E-state index contributed by atoms with van der Waals surface area (Å²) in [6.45, 7) is 4.63. The van der Waals surface area contributed by atoms with E-state index in [0.29, 0.717) is 32.0 Å². The second kappa shape index (κ2) is 8.06. The highest BCUT2D eigenvalue weighted by molar-refractivity contribution is 6.28. The number of aromatic nitrogens is 4. The van der Waals surface area contributed by atoms with Gasteiger partial charge in [0.05, 0.1) is 19.8 Å². The van der Waals surface area contributed by atoms with Crippen LogP contribution in [-0.4, -0.2) is 95.0 Å². The molecule has 2 aromatic rings. The van der Waals surface area contributed by atoms with Gasteiger partial charge in [0.2, 0.25) is 5.28 Å². The van der Waals surface area contributed by atoms with Crippen LogP contribution in [0.5, 0.6) is 0 Å². The number of piperidine rings is 1. The molecule has 28 heavy (non-hydrogen) atoms. The van der Waals surface area contributed by atoms with Crippen LogP contribution in [0.25, 0.3) is 11.2 Å². The molecular formula is C18H27ClFN7O. The van der Waals surface area contributed by atoms with Crippen LogP contribution in [0.1, 0.15) is 12.2 Å². The van der Waals surface area contributed by atoms with Gasteiger partial charge in [0, 0.05) is 39.3 Å². The number of halogens is 2. The molecular weight excluding hydrogens is 385 g/mol. The molecule has 2 atom stereocenters. The van der Waals surface area contributed by atoms with Gasteiger partial charge in [-0.05, 0) is 32.1 Å². The lowest BCUT2D eigenvalue weighted by molar-refractivity contribution is 0.0530. The fourth-order valence-corrected chi connectivity index (χ4v) is 4.24. The minimum absolute atomic E-state index is 0.0192. The molecule has 0 N–H and O–H groups in total. The van der Waals surface area contributed by atoms with E-state index in [4.69, 9.17) is 21.3 Å². The molecule has 0 aromatic carbocycles. The summed E-state index contributed by atoms with van der Waals surface area (Å²) < 4.78 is 21.9. The predicted octanol–water partition coefficient (Wildman–Crippen LogP) is 1.33. The molecule has 2 saturated heterocycles. The van der Waals surface area contributed by atoms with Crippen LogP contribution in [-0.2, 0) is 18.3 Å². The maximum atomic E-state index is 14.5. The maximum absolute atomic E-state index is 14.5. The molecule has 0 saturated carbocycles. The third-order valence-corrected chi connectivity index (χ3v) is 5.86. The average molecular weight is 412 g/mol. The molecule has 10 heteroatoms. The number of likely N-dealkylation sites (tertiary alicyclic amines) is 1. The van der Waals surface area contributed by atoms with Crippen LogP contribution in [0.2, 0.25) is 5.28 Å². The first kappa shape index (κ1) is 19.8. The van der Waals surface area contributed by atoms with Crippen molar-refractivity contribution in [3.8, 4) is 0 Å². The van der Waals surface area contributed by atoms with Gasteiger partial charge in [0.1, 0.15) is 12.0 Å². The molecule has 0 aliphatic carbocycles. The zero-order valence-corrected chi connectivity index (χ0v) is 17.4. The maximum Gasteiger partial charge on any atom is 0.226 e. The Morgan fingerprint density at radius 1 is 1.18 bits per heavy atom. The normalized spacial score (nSPS) is 24.4. The Balaban J connectivity index is 1.59. The lowest BCUT2D eigenvalue weighted by atomic mass is 10.0. The number of nitrogens with zero attached hydrogens (tertiary/aromatic N) is 7. The third-order valence-electron chi connectivity index (χ3n) is 5.70. The van der Waals surface area contributed by atoms with Gasteiger partial charge in [-0.25, -0.2) is 9.37 Å². The first-order valence-electron chi connectivity index (χ1n) is 9.68. The number of alkyl halides is 1. The van der Waals surface area contributed by atoms with E-state index in [-0.39, 0.29) is 11.3 Å². The number of hydrogen-bond acceptors (Lipinski definition) is 7. The van der Waals surface area contributed by atoms with Crippen LogP contribution in [0.4, 0.5) is 10.2 Å². The van der Waals surface area contributed by atoms with Crippen molar-refractivity contribution < 1.29 is 9.13 Å². The molecule has 8 nitrogen and oxygen atoms in total. The third kappa shape index (κ3) is 3.80. The molecule has 2 unspecified atom stereocenters.